The van der Waals surface area contributed by atoms with Gasteiger partial charge < -0.3 is 14.9 Å². The van der Waals surface area contributed by atoms with Crippen LogP contribution in [0.1, 0.15) is 43.3 Å². The summed E-state index contributed by atoms with van der Waals surface area (Å²) in [4.78, 5) is 25.3. The lowest BCUT2D eigenvalue weighted by Crippen LogP contribution is -2.52. The van der Waals surface area contributed by atoms with Crippen molar-refractivity contribution in [3.05, 3.63) is 118 Å². The predicted molar refractivity (Wildman–Crippen MR) is 167 cm³/mol. The van der Waals surface area contributed by atoms with E-state index < -0.39 is 46.1 Å². The van der Waals surface area contributed by atoms with Gasteiger partial charge in [-0.25, -0.2) is 18.7 Å². The van der Waals surface area contributed by atoms with Gasteiger partial charge in [-0.2, -0.15) is 13.5 Å². The molecule has 0 radical (unpaired) electrons. The summed E-state index contributed by atoms with van der Waals surface area (Å²) >= 11 is 0. The van der Waals surface area contributed by atoms with Crippen molar-refractivity contribution in [3.8, 4) is 11.1 Å². The van der Waals surface area contributed by atoms with Crippen molar-refractivity contribution < 1.29 is 22.7 Å². The quantitative estimate of drug-likeness (QED) is 0.214. The van der Waals surface area contributed by atoms with Gasteiger partial charge in [-0.15, -0.1) is 0 Å². The second-order valence-electron chi connectivity index (χ2n) is 11.5. The molecule has 2 N–H and O–H groups in total. The molecule has 244 valence electrons. The SMILES string of the molecule is CCC(O)c1ccc(N2CCN(c3ccc(-c4ccc(C(F)(F)[C@@](C)(c5ccc(F)cc5F)n5nn[nH]c5=O)nc4)cc3)CC2)cn1. The summed E-state index contributed by atoms with van der Waals surface area (Å²) in [6.07, 6.45) is 3.12. The largest absolute Gasteiger partial charge is 0.387 e. The molecule has 0 spiro atoms. The minimum absolute atomic E-state index is 0.336. The van der Waals surface area contributed by atoms with E-state index in [9.17, 15) is 18.7 Å². The van der Waals surface area contributed by atoms with E-state index in [-0.39, 0.29) is 0 Å². The molecule has 1 saturated heterocycles. The van der Waals surface area contributed by atoms with Crippen molar-refractivity contribution in [1.29, 1.82) is 0 Å². The van der Waals surface area contributed by atoms with Crippen molar-refractivity contribution in [1.82, 2.24) is 30.2 Å². The number of aromatic amines is 1. The maximum absolute atomic E-state index is 16.3. The van der Waals surface area contributed by atoms with Crippen LogP contribution in [-0.2, 0) is 11.5 Å². The maximum atomic E-state index is 16.3. The Morgan fingerprint density at radius 3 is 2.09 bits per heavy atom. The zero-order valence-corrected chi connectivity index (χ0v) is 25.6. The van der Waals surface area contributed by atoms with Crippen LogP contribution in [0.2, 0.25) is 0 Å². The van der Waals surface area contributed by atoms with Gasteiger partial charge in [0, 0.05) is 55.3 Å². The Balaban J connectivity index is 1.18. The van der Waals surface area contributed by atoms with Crippen LogP contribution in [0.5, 0.6) is 0 Å². The van der Waals surface area contributed by atoms with Gasteiger partial charge in [-0.3, -0.25) is 9.97 Å². The van der Waals surface area contributed by atoms with Crippen molar-refractivity contribution in [2.75, 3.05) is 36.0 Å². The number of aliphatic hydroxyl groups is 1. The molecule has 47 heavy (non-hydrogen) atoms. The Labute approximate surface area is 267 Å². The lowest BCUT2D eigenvalue weighted by molar-refractivity contribution is -0.104. The molecule has 5 aromatic rings. The van der Waals surface area contributed by atoms with Gasteiger partial charge in [0.15, 0.2) is 5.54 Å². The minimum atomic E-state index is -3.99. The van der Waals surface area contributed by atoms with Gasteiger partial charge in [0.25, 0.3) is 0 Å². The number of aliphatic hydroxyl groups excluding tert-OH is 1. The number of H-pyrrole nitrogens is 1. The van der Waals surface area contributed by atoms with Crippen molar-refractivity contribution >= 4 is 11.4 Å². The second kappa shape index (κ2) is 12.6. The monoisotopic (exact) mass is 648 g/mol. The molecule has 0 bridgehead atoms. The third kappa shape index (κ3) is 5.84. The first-order valence-corrected chi connectivity index (χ1v) is 15.1. The number of nitrogens with one attached hydrogen (secondary N) is 1. The molecule has 10 nitrogen and oxygen atoms in total. The van der Waals surface area contributed by atoms with Crippen LogP contribution in [0.25, 0.3) is 11.1 Å². The molecule has 1 aliphatic heterocycles. The van der Waals surface area contributed by atoms with E-state index in [4.69, 9.17) is 0 Å². The van der Waals surface area contributed by atoms with E-state index in [1.54, 1.807) is 6.20 Å². The van der Waals surface area contributed by atoms with E-state index in [0.29, 0.717) is 28.4 Å². The molecule has 1 fully saturated rings. The predicted octanol–water partition coefficient (Wildman–Crippen LogP) is 5.03. The van der Waals surface area contributed by atoms with Crippen LogP contribution in [0.4, 0.5) is 28.9 Å². The molecular formula is C33H32F4N8O2. The van der Waals surface area contributed by atoms with E-state index in [0.717, 1.165) is 68.2 Å². The number of alkyl halides is 2. The van der Waals surface area contributed by atoms with E-state index in [1.165, 1.54) is 12.3 Å². The Morgan fingerprint density at radius 2 is 1.53 bits per heavy atom. The summed E-state index contributed by atoms with van der Waals surface area (Å²) in [6.45, 7) is 5.98. The standard InChI is InChI=1S/C33H32F4N8O2/c1-3-29(46)28-12-10-25(20-38-28)44-16-14-43(15-17-44)24-8-4-21(5-9-24)22-6-13-30(39-19-22)33(36,37)32(2,45-31(47)40-41-42-45)26-11-7-23(34)18-27(26)35/h4-13,18-20,29,46H,3,14-17H2,1-2H3,(H,40,42,47)/t29?,32-/m1/s1. The number of benzene rings is 2. The first-order chi connectivity index (χ1) is 22.5. The smallest absolute Gasteiger partial charge is 0.362 e. The first-order valence-electron chi connectivity index (χ1n) is 15.1. The highest BCUT2D eigenvalue weighted by atomic mass is 19.3. The van der Waals surface area contributed by atoms with E-state index >= 15 is 8.78 Å². The van der Waals surface area contributed by atoms with Crippen molar-refractivity contribution in [2.24, 2.45) is 0 Å². The van der Waals surface area contributed by atoms with Gasteiger partial charge in [-0.05, 0) is 65.7 Å². The molecule has 0 aliphatic carbocycles. The number of anilines is 2. The number of hydrogen-bond donors (Lipinski definition) is 2. The Morgan fingerprint density at radius 1 is 0.872 bits per heavy atom. The number of halogens is 4. The minimum Gasteiger partial charge on any atom is -0.387 e. The molecule has 1 unspecified atom stereocenters. The van der Waals surface area contributed by atoms with Gasteiger partial charge in [0.1, 0.15) is 17.3 Å². The average Bonchev–Trinajstić information content (AvgIpc) is 3.54. The molecule has 0 amide bonds. The van der Waals surface area contributed by atoms with Gasteiger partial charge in [-0.1, -0.05) is 31.2 Å². The molecule has 14 heteroatoms. The second-order valence-corrected chi connectivity index (χ2v) is 11.5. The zero-order valence-electron chi connectivity index (χ0n) is 25.6. The third-order valence-electron chi connectivity index (χ3n) is 8.76. The lowest BCUT2D eigenvalue weighted by Gasteiger charge is -2.37. The summed E-state index contributed by atoms with van der Waals surface area (Å²) in [5.41, 5.74) is -1.26. The highest BCUT2D eigenvalue weighted by molar-refractivity contribution is 5.66. The molecule has 1 aliphatic rings. The van der Waals surface area contributed by atoms with Crippen LogP contribution in [0.3, 0.4) is 0 Å². The highest BCUT2D eigenvalue weighted by Crippen LogP contribution is 2.47. The summed E-state index contributed by atoms with van der Waals surface area (Å²) in [5.74, 6) is -6.24. The molecule has 4 heterocycles. The van der Waals surface area contributed by atoms with Crippen LogP contribution in [-0.4, -0.2) is 61.5 Å². The number of hydrogen-bond acceptors (Lipinski definition) is 8. The number of aromatic nitrogens is 6. The topological polar surface area (TPSA) is 116 Å². The van der Waals surface area contributed by atoms with Crippen LogP contribution >= 0.6 is 0 Å². The number of tetrazole rings is 1. The molecule has 6 rings (SSSR count). The number of rotatable bonds is 9. The van der Waals surface area contributed by atoms with Crippen molar-refractivity contribution in [2.45, 2.75) is 37.8 Å². The Hall–Kier alpha value is -5.11. The van der Waals surface area contributed by atoms with E-state index in [2.05, 4.69) is 30.2 Å². The van der Waals surface area contributed by atoms with Gasteiger partial charge >= 0.3 is 11.6 Å². The first kappa shape index (κ1) is 31.9. The number of piperazine rings is 1. The highest BCUT2D eigenvalue weighted by Gasteiger charge is 2.58. The lowest BCUT2D eigenvalue weighted by atomic mass is 9.83. The van der Waals surface area contributed by atoms with Crippen molar-refractivity contribution in [3.63, 3.8) is 0 Å². The summed E-state index contributed by atoms with van der Waals surface area (Å²) in [6, 6.07) is 16.2. The fraction of sp³-hybridized carbons (Fsp3) is 0.303. The third-order valence-corrected chi connectivity index (χ3v) is 8.76. The van der Waals surface area contributed by atoms with Gasteiger partial charge in [0.05, 0.1) is 23.7 Å². The van der Waals surface area contributed by atoms with Crippen LogP contribution in [0.15, 0.2) is 83.9 Å². The number of nitrogens with zero attached hydrogens (tertiary/aromatic N) is 7. The Bertz CT molecular complexity index is 1890. The fourth-order valence-electron chi connectivity index (χ4n) is 5.87. The molecule has 0 saturated carbocycles. The summed E-state index contributed by atoms with van der Waals surface area (Å²) in [7, 11) is 0. The number of pyridine rings is 2. The Kier molecular flexibility index (Phi) is 8.53. The molecule has 3 aromatic heterocycles. The average molecular weight is 649 g/mol. The summed E-state index contributed by atoms with van der Waals surface area (Å²) < 4.78 is 61.6. The summed E-state index contributed by atoms with van der Waals surface area (Å²) in [5, 5.41) is 18.7. The van der Waals surface area contributed by atoms with Gasteiger partial charge in [0.2, 0.25) is 0 Å². The zero-order chi connectivity index (χ0) is 33.3. The maximum Gasteiger partial charge on any atom is 0.362 e. The normalized spacial score (nSPS) is 15.8. The molecule has 2 atom stereocenters. The fourth-order valence-corrected chi connectivity index (χ4v) is 5.87. The van der Waals surface area contributed by atoms with E-state index in [1.807, 2.05) is 48.4 Å². The van der Waals surface area contributed by atoms with Crippen LogP contribution in [0, 0.1) is 11.6 Å². The molecular weight excluding hydrogens is 616 g/mol. The van der Waals surface area contributed by atoms with Crippen LogP contribution < -0.4 is 15.5 Å². The molecule has 2 aromatic carbocycles.